The molecule has 0 aliphatic carbocycles. The molecule has 0 heterocycles. The van der Waals surface area contributed by atoms with Crippen LogP contribution in [0.25, 0.3) is 0 Å². The molecule has 72 valence electrons. The normalized spacial score (nSPS) is 4.18. The second kappa shape index (κ2) is 32.2. The molecule has 0 fully saturated rings. The SMILES string of the molecule is CCOC(C)=O.O.O.O.O.[H-].[H-].[Mg+2]. The van der Waals surface area contributed by atoms with Crippen LogP contribution in [-0.2, 0) is 9.53 Å². The fourth-order valence-corrected chi connectivity index (χ4v) is 0.203. The fraction of sp³-hybridized carbons (Fsp3) is 0.750. The molecule has 0 radical (unpaired) electrons. The maximum absolute atomic E-state index is 9.82. The van der Waals surface area contributed by atoms with Crippen LogP contribution in [0.5, 0.6) is 0 Å². The first kappa shape index (κ1) is 43.6. The van der Waals surface area contributed by atoms with Crippen LogP contribution >= 0.6 is 0 Å². The van der Waals surface area contributed by atoms with Gasteiger partial charge in [0.05, 0.1) is 6.61 Å². The van der Waals surface area contributed by atoms with E-state index in [2.05, 4.69) is 4.74 Å². The van der Waals surface area contributed by atoms with E-state index in [1.807, 2.05) is 0 Å². The van der Waals surface area contributed by atoms with Crippen LogP contribution in [0.4, 0.5) is 0 Å². The van der Waals surface area contributed by atoms with Crippen LogP contribution in [0.3, 0.4) is 0 Å². The minimum Gasteiger partial charge on any atom is -1.00 e. The van der Waals surface area contributed by atoms with Gasteiger partial charge in [-0.25, -0.2) is 0 Å². The predicted octanol–water partition coefficient (Wildman–Crippen LogP) is -2.89. The summed E-state index contributed by atoms with van der Waals surface area (Å²) >= 11 is 0. The minimum atomic E-state index is -0.211. The number of carbonyl (C=O) groups excluding carboxylic acids is 1. The molecule has 0 amide bonds. The Morgan fingerprint density at radius 3 is 1.55 bits per heavy atom. The molecule has 0 saturated heterocycles. The third-order valence-corrected chi connectivity index (χ3v) is 0.348. The number of carbonyl (C=O) groups is 1. The van der Waals surface area contributed by atoms with Crippen molar-refractivity contribution in [2.75, 3.05) is 6.61 Å². The van der Waals surface area contributed by atoms with Crippen molar-refractivity contribution in [2.45, 2.75) is 13.8 Å². The molecule has 8 N–H and O–H groups in total. The summed E-state index contributed by atoms with van der Waals surface area (Å²) in [4.78, 5) is 9.82. The van der Waals surface area contributed by atoms with E-state index in [0.717, 1.165) is 0 Å². The van der Waals surface area contributed by atoms with Crippen molar-refractivity contribution >= 4 is 29.0 Å². The molecule has 7 heteroatoms. The van der Waals surface area contributed by atoms with Crippen LogP contribution in [-0.4, -0.2) is 57.5 Å². The molecule has 0 unspecified atom stereocenters. The maximum Gasteiger partial charge on any atom is 2.00 e. The van der Waals surface area contributed by atoms with Gasteiger partial charge in [-0.05, 0) is 6.92 Å². The van der Waals surface area contributed by atoms with Crippen molar-refractivity contribution in [3.63, 3.8) is 0 Å². The van der Waals surface area contributed by atoms with Crippen LogP contribution in [0.1, 0.15) is 16.7 Å². The van der Waals surface area contributed by atoms with Crippen molar-refractivity contribution in [1.29, 1.82) is 0 Å². The van der Waals surface area contributed by atoms with E-state index in [0.29, 0.717) is 6.61 Å². The van der Waals surface area contributed by atoms with Crippen LogP contribution in [0.2, 0.25) is 0 Å². The number of ether oxygens (including phenoxy) is 1. The van der Waals surface area contributed by atoms with Crippen LogP contribution in [0, 0.1) is 0 Å². The summed E-state index contributed by atoms with van der Waals surface area (Å²) in [5.74, 6) is -0.211. The van der Waals surface area contributed by atoms with Gasteiger partial charge < -0.3 is 29.5 Å². The Kier molecular flexibility index (Phi) is 128. The Morgan fingerprint density at radius 1 is 1.27 bits per heavy atom. The molecule has 0 rings (SSSR count). The number of esters is 1. The molecule has 0 atom stereocenters. The molecule has 0 aromatic heterocycles. The Bertz CT molecular complexity index is 66.6. The maximum atomic E-state index is 9.82. The topological polar surface area (TPSA) is 152 Å². The van der Waals surface area contributed by atoms with E-state index >= 15 is 0 Å². The average molecular weight is 186 g/mol. The van der Waals surface area contributed by atoms with Gasteiger partial charge in [0, 0.05) is 6.92 Å². The molecular weight excluding hydrogens is 168 g/mol. The molecule has 0 saturated carbocycles. The summed E-state index contributed by atoms with van der Waals surface area (Å²) in [6.45, 7) is 3.65. The van der Waals surface area contributed by atoms with Gasteiger partial charge in [0.1, 0.15) is 0 Å². The summed E-state index contributed by atoms with van der Waals surface area (Å²) in [6.07, 6.45) is 0. The Morgan fingerprint density at radius 2 is 1.55 bits per heavy atom. The monoisotopic (exact) mass is 186 g/mol. The average Bonchev–Trinajstić information content (AvgIpc) is 1.35. The van der Waals surface area contributed by atoms with Gasteiger partial charge >= 0.3 is 29.0 Å². The molecule has 0 aromatic carbocycles. The largest absolute Gasteiger partial charge is 2.00 e. The molecule has 11 heavy (non-hydrogen) atoms. The van der Waals surface area contributed by atoms with Crippen molar-refractivity contribution in [3.05, 3.63) is 0 Å². The summed E-state index contributed by atoms with van der Waals surface area (Å²) in [6, 6.07) is 0. The van der Waals surface area contributed by atoms with Gasteiger partial charge in [-0.2, -0.15) is 0 Å². The fourth-order valence-electron chi connectivity index (χ4n) is 0.203. The molecular formula is C4H18MgO6. The Hall–Kier alpha value is 0.0762. The minimum absolute atomic E-state index is 0. The van der Waals surface area contributed by atoms with E-state index in [1.54, 1.807) is 6.92 Å². The zero-order chi connectivity index (χ0) is 4.99. The predicted molar refractivity (Wildman–Crippen MR) is 44.7 cm³/mol. The third-order valence-electron chi connectivity index (χ3n) is 0.348. The first-order valence-corrected chi connectivity index (χ1v) is 1.90. The van der Waals surface area contributed by atoms with Gasteiger partial charge in [0.15, 0.2) is 0 Å². The van der Waals surface area contributed by atoms with Gasteiger partial charge in [-0.15, -0.1) is 0 Å². The van der Waals surface area contributed by atoms with E-state index in [4.69, 9.17) is 0 Å². The quantitative estimate of drug-likeness (QED) is 0.319. The van der Waals surface area contributed by atoms with E-state index in [1.165, 1.54) is 6.92 Å². The molecule has 0 aromatic rings. The molecule has 6 nitrogen and oxygen atoms in total. The molecule has 0 spiro atoms. The van der Waals surface area contributed by atoms with Crippen molar-refractivity contribution in [1.82, 2.24) is 0 Å². The van der Waals surface area contributed by atoms with Gasteiger partial charge in [-0.3, -0.25) is 4.79 Å². The molecule has 0 bridgehead atoms. The summed E-state index contributed by atoms with van der Waals surface area (Å²) in [5, 5.41) is 0. The van der Waals surface area contributed by atoms with Gasteiger partial charge in [0.2, 0.25) is 0 Å². The summed E-state index contributed by atoms with van der Waals surface area (Å²) in [7, 11) is 0. The van der Waals surface area contributed by atoms with E-state index in [-0.39, 0.29) is 53.8 Å². The van der Waals surface area contributed by atoms with Gasteiger partial charge in [-0.1, -0.05) is 0 Å². The third kappa shape index (κ3) is 69.5. The van der Waals surface area contributed by atoms with Crippen LogP contribution < -0.4 is 0 Å². The van der Waals surface area contributed by atoms with Gasteiger partial charge in [0.25, 0.3) is 0 Å². The second-order valence-corrected chi connectivity index (χ2v) is 0.925. The number of hydrogen-bond acceptors (Lipinski definition) is 2. The van der Waals surface area contributed by atoms with Crippen molar-refractivity contribution in [3.8, 4) is 0 Å². The summed E-state index contributed by atoms with van der Waals surface area (Å²) in [5.41, 5.74) is 0. The van der Waals surface area contributed by atoms with Crippen molar-refractivity contribution < 1.29 is 34.3 Å². The smallest absolute Gasteiger partial charge is 1.00 e. The zero-order valence-corrected chi connectivity index (χ0v) is 8.14. The second-order valence-electron chi connectivity index (χ2n) is 0.925. The number of hydrogen-bond donors (Lipinski definition) is 0. The molecule has 0 aliphatic heterocycles. The Balaban J connectivity index is -0.00000000595. The number of rotatable bonds is 1. The first-order valence-electron chi connectivity index (χ1n) is 1.90. The van der Waals surface area contributed by atoms with Crippen LogP contribution in [0.15, 0.2) is 0 Å². The summed E-state index contributed by atoms with van der Waals surface area (Å²) < 4.78 is 4.40. The van der Waals surface area contributed by atoms with E-state index < -0.39 is 0 Å². The van der Waals surface area contributed by atoms with Crippen molar-refractivity contribution in [2.24, 2.45) is 0 Å². The Labute approximate surface area is 84.3 Å². The first-order chi connectivity index (χ1) is 2.77. The standard InChI is InChI=1S/C4H8O2.Mg.4H2O.2H/c1-3-6-4(2)5;;;;;;;/h3H2,1-2H3;;4*1H2;;/q;+2;;;;;2*-1. The van der Waals surface area contributed by atoms with E-state index in [9.17, 15) is 4.79 Å². The molecule has 0 aliphatic rings. The zero-order valence-electron chi connectivity index (χ0n) is 8.73.